The van der Waals surface area contributed by atoms with E-state index in [-0.39, 0.29) is 79.2 Å². The number of carbonyl (C=O) groups excluding carboxylic acids is 4. The van der Waals surface area contributed by atoms with Gasteiger partial charge in [0.25, 0.3) is 0 Å². The van der Waals surface area contributed by atoms with Crippen molar-refractivity contribution in [3.8, 4) is 11.5 Å². The second-order valence-corrected chi connectivity index (χ2v) is 34.4. The first-order valence-electron chi connectivity index (χ1n) is 40.0. The Morgan fingerprint density at radius 2 is 1.03 bits per heavy atom. The zero-order valence-corrected chi connectivity index (χ0v) is 68.3. The molecule has 2 aromatic carbocycles. The maximum atomic E-state index is 15.7. The number of nitrogens with zero attached hydrogens (tertiary/aromatic N) is 3. The van der Waals surface area contributed by atoms with E-state index >= 15 is 9.59 Å². The third kappa shape index (κ3) is 17.0. The van der Waals surface area contributed by atoms with Crippen molar-refractivity contribution < 1.29 is 155 Å². The van der Waals surface area contributed by atoms with Crippen molar-refractivity contribution in [3.05, 3.63) is 78.1 Å². The van der Waals surface area contributed by atoms with Crippen molar-refractivity contribution in [2.45, 2.75) is 360 Å². The Morgan fingerprint density at radius 1 is 0.564 bits per heavy atom. The fraction of sp³-hybridized carbons (Fsp3) is 0.762. The molecule has 0 amide bonds. The number of rotatable bonds is 22. The molecule has 8 saturated heterocycles. The van der Waals surface area contributed by atoms with Gasteiger partial charge in [0.05, 0.1) is 103 Å². The van der Waals surface area contributed by atoms with Crippen LogP contribution >= 0.6 is 0 Å². The van der Waals surface area contributed by atoms with Crippen LogP contribution in [0.3, 0.4) is 0 Å². The van der Waals surface area contributed by atoms with Gasteiger partial charge in [-0.15, -0.1) is 0 Å². The van der Waals surface area contributed by atoms with Gasteiger partial charge >= 0.3 is 17.9 Å². The number of fused-ring (bicyclic) bond motifs is 8. The lowest BCUT2D eigenvalue weighted by Gasteiger charge is -2.55. The summed E-state index contributed by atoms with van der Waals surface area (Å²) in [6, 6.07) is 2.17. The van der Waals surface area contributed by atoms with Crippen LogP contribution in [-0.2, 0) is 112 Å². The first-order chi connectivity index (χ1) is 55.0. The van der Waals surface area contributed by atoms with Crippen molar-refractivity contribution >= 4 is 29.5 Å². The molecule has 13 rings (SSSR count). The summed E-state index contributed by atoms with van der Waals surface area (Å²) in [7, 11) is 6.21. The molecule has 0 spiro atoms. The van der Waals surface area contributed by atoms with Gasteiger partial charge in [0, 0.05) is 92.9 Å². The smallest absolute Gasteiger partial charge is 0.334 e. The van der Waals surface area contributed by atoms with Crippen molar-refractivity contribution in [1.82, 2.24) is 4.90 Å². The molecule has 8 fully saturated rings. The predicted octanol–water partition coefficient (Wildman–Crippen LogP) is 3.90. The van der Waals surface area contributed by atoms with Gasteiger partial charge in [-0.1, -0.05) is 10.4 Å². The lowest BCUT2D eigenvalue weighted by Crippen LogP contribution is -2.63. The average Bonchev–Trinajstić information content (AvgIpc) is 0.693. The van der Waals surface area contributed by atoms with Gasteiger partial charge in [-0.25, -0.2) is 9.59 Å². The topological polar surface area (TPSA) is 496 Å². The number of esters is 2. The zero-order chi connectivity index (χ0) is 85.0. The van der Waals surface area contributed by atoms with Gasteiger partial charge in [-0.2, -0.15) is 9.81 Å². The van der Waals surface area contributed by atoms with Crippen LogP contribution in [-0.4, -0.2) is 304 Å². The fourth-order valence-electron chi connectivity index (χ4n) is 19.5. The molecule has 2 aromatic rings. The molecule has 35 atom stereocenters. The minimum Gasteiger partial charge on any atom is -0.507 e. The Balaban J connectivity index is 0.667. The molecule has 37 heteroatoms. The van der Waals surface area contributed by atoms with Crippen LogP contribution < -0.4 is 0 Å². The van der Waals surface area contributed by atoms with E-state index in [2.05, 4.69) is 10.4 Å². The number of carbonyl (C=O) groups is 5. The summed E-state index contributed by atoms with van der Waals surface area (Å²) in [6.07, 6.45) is -29.8. The van der Waals surface area contributed by atoms with Gasteiger partial charge in [0.15, 0.2) is 55.9 Å². The zero-order valence-electron chi connectivity index (χ0n) is 68.3. The SMILES string of the molecule is COC(=O)[C@@H]1c2cc3c(c(O)c2[C@@H](OC2CC(O)C(OC4CC(O)C(OC5CC(C)(N=O)C(OC6CC(OC)C(OC(=O)/C(C)=C/C(=O)O)C(C)O6)C(C)O5)C(C)O4)C(C)O2)C[C@@]1(C)O)C(=O)c1c(O)cc2c(c1C3=O)C[C@H]1C[C@H](N(C)C)[C@H](OC3CC(O)C(OC4CC(C)(N=O)C(OC5CC(O)C(O)C(C)O5)C(C)O4)C(C)O3)[C@]2(C)O1. The third-order valence-corrected chi connectivity index (χ3v) is 25.4. The molecule has 2 aliphatic carbocycles. The summed E-state index contributed by atoms with van der Waals surface area (Å²) in [5, 5.41) is 110. The lowest BCUT2D eigenvalue weighted by molar-refractivity contribution is -0.342. The molecule has 0 radical (unpaired) electrons. The lowest BCUT2D eigenvalue weighted by atomic mass is 9.66. The largest absolute Gasteiger partial charge is 0.507 e. The molecular weight excluding hydrogens is 1550 g/mol. The standard InChI is InChI=1S/C80H111N3O34/c1-30(17-51(89)90)75(95)116-71-35(6)106-56(26-49(71)100-15)114-73-37(8)108-58(29-78(73,10)82-99)111-69-33(4)104-53(24-47(69)87)110-68-32(3)103-52(23-46(68)86)109-50-27-79(11,97)63(76(96)101-16)40-20-41-61(66(93)59(40)50)67(94)62-44(84)21-42-39(60(62)65(41)92)18-38-19-43(83(13)14)74(80(42,12)117-38)115-55-25-48(88)70(34(5)105-55)112-57-28-77(9,81-98)72(36(7)107-57)113-54-22-45(85)64(91)31(2)102-54/h17,20-21,31-38,43,45-50,52-58,63-64,68-74,84-88,91,93,97H,18-19,22-29H2,1-16H3,(H,89,90)/b30-17+/t31?,32?,33?,34?,35?,36?,37?,38-,43-,45?,46?,47?,48?,49?,50-,52?,53?,54?,55?,56?,57?,58?,63-,64?,68?,69?,70?,71?,72?,73?,74-,77?,78?,79+,80+/m0/s1. The number of likely N-dealkylation sites (N-methyl/N-ethyl adjacent to an activating group) is 1. The van der Waals surface area contributed by atoms with E-state index in [0.717, 1.165) is 13.2 Å². The van der Waals surface area contributed by atoms with Crippen molar-refractivity contribution in [3.63, 3.8) is 0 Å². The minimum atomic E-state index is -2.04. The molecule has 9 N–H and O–H groups in total. The second kappa shape index (κ2) is 34.3. The predicted molar refractivity (Wildman–Crippen MR) is 397 cm³/mol. The molecule has 11 aliphatic rings. The molecular formula is C80H111N3O34. The summed E-state index contributed by atoms with van der Waals surface area (Å²) in [4.78, 5) is 96.4. The number of aromatic hydroxyl groups is 2. The van der Waals surface area contributed by atoms with E-state index in [0.29, 0.717) is 17.5 Å². The summed E-state index contributed by atoms with van der Waals surface area (Å²) in [6.45, 7) is 19.0. The molecule has 9 aliphatic heterocycles. The Hall–Kier alpha value is -6.19. The van der Waals surface area contributed by atoms with Gasteiger partial charge in [-0.3, -0.25) is 14.4 Å². The Labute approximate surface area is 675 Å². The van der Waals surface area contributed by atoms with E-state index < -0.39 is 271 Å². The van der Waals surface area contributed by atoms with Gasteiger partial charge in [-0.05, 0) is 139 Å². The van der Waals surface area contributed by atoms with Crippen LogP contribution in [0.4, 0.5) is 0 Å². The quantitative estimate of drug-likeness (QED) is 0.0391. The summed E-state index contributed by atoms with van der Waals surface area (Å²) >= 11 is 0. The van der Waals surface area contributed by atoms with Crippen LogP contribution in [0.5, 0.6) is 11.5 Å². The van der Waals surface area contributed by atoms with E-state index in [1.807, 2.05) is 19.0 Å². The molecule has 37 nitrogen and oxygen atoms in total. The Morgan fingerprint density at radius 3 is 1.52 bits per heavy atom. The number of carboxylic acid groups (broad SMARTS) is 1. The van der Waals surface area contributed by atoms with E-state index in [1.165, 1.54) is 33.1 Å². The fourth-order valence-corrected chi connectivity index (χ4v) is 19.5. The molecule has 0 aromatic heterocycles. The van der Waals surface area contributed by atoms with E-state index in [4.69, 9.17) is 90.4 Å². The number of ketones is 2. The highest BCUT2D eigenvalue weighted by molar-refractivity contribution is 6.31. The number of phenols is 2. The number of methoxy groups -OCH3 is 2. The van der Waals surface area contributed by atoms with Crippen LogP contribution in [0.2, 0.25) is 0 Å². The van der Waals surface area contributed by atoms with Crippen LogP contribution in [0.1, 0.15) is 207 Å². The number of hydrogen-bond donors (Lipinski definition) is 9. The Bertz CT molecular complexity index is 4040. The number of phenolic OH excluding ortho intramolecular Hbond substituents is 2. The number of carboxylic acids is 1. The van der Waals surface area contributed by atoms with Crippen LogP contribution in [0.15, 0.2) is 34.1 Å². The highest BCUT2D eigenvalue weighted by Crippen LogP contribution is 2.57. The van der Waals surface area contributed by atoms with Gasteiger partial charge in [0.2, 0.25) is 5.78 Å². The van der Waals surface area contributed by atoms with Crippen molar-refractivity contribution in [1.29, 1.82) is 0 Å². The maximum absolute atomic E-state index is 15.7. The molecule has 117 heavy (non-hydrogen) atoms. The van der Waals surface area contributed by atoms with Gasteiger partial charge < -0.3 is 136 Å². The normalized spacial score (nSPS) is 44.1. The van der Waals surface area contributed by atoms with Crippen LogP contribution in [0.25, 0.3) is 0 Å². The first-order valence-corrected chi connectivity index (χ1v) is 40.0. The van der Waals surface area contributed by atoms with E-state index in [9.17, 15) is 65.0 Å². The number of ether oxygens (including phenoxy) is 18. The maximum Gasteiger partial charge on any atom is 0.334 e. The first kappa shape index (κ1) is 88.6. The monoisotopic (exact) mass is 1660 g/mol. The highest BCUT2D eigenvalue weighted by Gasteiger charge is 2.61. The molecule has 9 heterocycles. The summed E-state index contributed by atoms with van der Waals surface area (Å²) in [5.41, 5.74) is -7.76. The number of aliphatic hydroxyl groups is 6. The number of hydrogen-bond acceptors (Lipinski definition) is 36. The molecule has 650 valence electrons. The van der Waals surface area contributed by atoms with Crippen molar-refractivity contribution in [2.24, 2.45) is 10.4 Å². The number of benzene rings is 2. The third-order valence-electron chi connectivity index (χ3n) is 25.4. The second-order valence-electron chi connectivity index (χ2n) is 34.4. The average molecular weight is 1660 g/mol. The minimum absolute atomic E-state index is 0.0382. The highest BCUT2D eigenvalue weighted by atomic mass is 16.8. The van der Waals surface area contributed by atoms with Crippen LogP contribution in [0, 0.1) is 9.81 Å². The molecule has 2 bridgehead atoms. The Kier molecular flexibility index (Phi) is 25.9. The number of nitroso groups, excluding NO2 is 2. The molecule has 0 saturated carbocycles. The summed E-state index contributed by atoms with van der Waals surface area (Å²) < 4.78 is 112. The number of aliphatic carboxylic acids is 1. The summed E-state index contributed by atoms with van der Waals surface area (Å²) in [5.74, 6) is -7.94. The van der Waals surface area contributed by atoms with Crippen molar-refractivity contribution in [2.75, 3.05) is 28.3 Å². The number of aliphatic hydroxyl groups excluding tert-OH is 5. The van der Waals surface area contributed by atoms with E-state index in [1.54, 1.807) is 69.2 Å². The van der Waals surface area contributed by atoms with Gasteiger partial charge in [0.1, 0.15) is 82.9 Å². The molecule has 28 unspecified atom stereocenters.